The Kier molecular flexibility index (Phi) is 6.72. The third kappa shape index (κ3) is 5.14. The predicted molar refractivity (Wildman–Crippen MR) is 124 cm³/mol. The Balaban J connectivity index is 1.30. The zero-order chi connectivity index (χ0) is 24.1. The van der Waals surface area contributed by atoms with Crippen molar-refractivity contribution in [3.63, 3.8) is 0 Å². The number of carbonyl (C=O) groups excluding carboxylic acids is 1. The van der Waals surface area contributed by atoms with Crippen molar-refractivity contribution in [2.45, 2.75) is 26.3 Å². The fraction of sp³-hybridized carbons (Fsp3) is 0.261. The van der Waals surface area contributed by atoms with Crippen LogP contribution in [0.2, 0.25) is 0 Å². The summed E-state index contributed by atoms with van der Waals surface area (Å²) in [6, 6.07) is 10.9. The zero-order valence-electron chi connectivity index (χ0n) is 18.8. The van der Waals surface area contributed by atoms with Crippen LogP contribution in [0.3, 0.4) is 0 Å². The summed E-state index contributed by atoms with van der Waals surface area (Å²) in [5.74, 6) is 1.89. The van der Waals surface area contributed by atoms with Gasteiger partial charge in [-0.3, -0.25) is 19.1 Å². The topological polar surface area (TPSA) is 144 Å². The molecule has 0 bridgehead atoms. The van der Waals surface area contributed by atoms with Crippen molar-refractivity contribution in [2.75, 3.05) is 6.61 Å². The lowest BCUT2D eigenvalue weighted by Crippen LogP contribution is -2.28. The lowest BCUT2D eigenvalue weighted by Gasteiger charge is -2.11. The minimum Gasteiger partial charge on any atom is -0.490 e. The molecule has 0 aliphatic rings. The van der Waals surface area contributed by atoms with Crippen molar-refractivity contribution in [1.29, 1.82) is 0 Å². The van der Waals surface area contributed by atoms with E-state index in [2.05, 4.69) is 25.3 Å². The number of hydrogen-bond acceptors (Lipinski definition) is 7. The molecule has 34 heavy (non-hydrogen) atoms. The molecule has 0 fully saturated rings. The van der Waals surface area contributed by atoms with Gasteiger partial charge in [0.15, 0.2) is 17.1 Å². The number of hydrogen-bond donors (Lipinski definition) is 3. The second-order valence-corrected chi connectivity index (χ2v) is 7.46. The summed E-state index contributed by atoms with van der Waals surface area (Å²) >= 11 is 0. The van der Waals surface area contributed by atoms with E-state index < -0.39 is 11.2 Å². The zero-order valence-corrected chi connectivity index (χ0v) is 18.8. The molecule has 4 aromatic rings. The Morgan fingerprint density at radius 2 is 1.91 bits per heavy atom. The lowest BCUT2D eigenvalue weighted by molar-refractivity contribution is -0.121. The first kappa shape index (κ1) is 22.8. The molecule has 3 aromatic heterocycles. The number of rotatable bonds is 9. The molecule has 1 amide bonds. The number of benzene rings is 1. The minimum absolute atomic E-state index is 0.161. The van der Waals surface area contributed by atoms with Gasteiger partial charge in [0, 0.05) is 38.7 Å². The van der Waals surface area contributed by atoms with Crippen LogP contribution >= 0.6 is 0 Å². The normalized spacial score (nSPS) is 10.9. The van der Waals surface area contributed by atoms with E-state index in [4.69, 9.17) is 9.47 Å². The molecule has 0 aliphatic heterocycles. The van der Waals surface area contributed by atoms with Crippen LogP contribution < -0.4 is 26.0 Å². The van der Waals surface area contributed by atoms with Gasteiger partial charge < -0.3 is 19.8 Å². The Bertz CT molecular complexity index is 1420. The molecule has 11 nitrogen and oxygen atoms in total. The number of pyridine rings is 1. The van der Waals surface area contributed by atoms with Crippen LogP contribution in [-0.4, -0.2) is 37.0 Å². The van der Waals surface area contributed by atoms with Gasteiger partial charge in [-0.15, -0.1) is 0 Å². The molecule has 0 spiro atoms. The highest BCUT2D eigenvalue weighted by Crippen LogP contribution is 2.30. The molecule has 0 unspecified atom stereocenters. The maximum absolute atomic E-state index is 12.3. The molecule has 4 rings (SSSR count). The molecule has 0 saturated heterocycles. The summed E-state index contributed by atoms with van der Waals surface area (Å²) in [5.41, 5.74) is 0.180. The molecule has 3 N–H and O–H groups in total. The van der Waals surface area contributed by atoms with Gasteiger partial charge in [0.1, 0.15) is 11.3 Å². The first-order valence-corrected chi connectivity index (χ1v) is 10.7. The molecule has 11 heteroatoms. The summed E-state index contributed by atoms with van der Waals surface area (Å²) < 4.78 is 12.6. The highest BCUT2D eigenvalue weighted by atomic mass is 16.5. The third-order valence-corrected chi connectivity index (χ3v) is 5.04. The number of aryl methyl sites for hydroxylation is 2. The number of carbonyl (C=O) groups is 1. The Hall–Kier alpha value is -4.41. The number of H-pyrrole nitrogens is 2. The Morgan fingerprint density at radius 3 is 2.65 bits per heavy atom. The van der Waals surface area contributed by atoms with E-state index in [1.807, 2.05) is 31.2 Å². The summed E-state index contributed by atoms with van der Waals surface area (Å²) in [6.45, 7) is 2.73. The van der Waals surface area contributed by atoms with E-state index in [1.54, 1.807) is 18.3 Å². The van der Waals surface area contributed by atoms with E-state index >= 15 is 0 Å². The van der Waals surface area contributed by atoms with Crippen LogP contribution in [0.25, 0.3) is 11.2 Å². The number of aromatic nitrogens is 5. The summed E-state index contributed by atoms with van der Waals surface area (Å²) in [6.07, 6.45) is 2.08. The smallest absolute Gasteiger partial charge is 0.329 e. The van der Waals surface area contributed by atoms with Gasteiger partial charge in [0.2, 0.25) is 11.8 Å². The van der Waals surface area contributed by atoms with Crippen LogP contribution in [0, 0.1) is 0 Å². The van der Waals surface area contributed by atoms with E-state index in [1.165, 1.54) is 11.6 Å². The van der Waals surface area contributed by atoms with Crippen molar-refractivity contribution in [2.24, 2.45) is 7.05 Å². The van der Waals surface area contributed by atoms with Crippen molar-refractivity contribution < 1.29 is 14.3 Å². The highest BCUT2D eigenvalue weighted by molar-refractivity contribution is 5.76. The van der Waals surface area contributed by atoms with Gasteiger partial charge >= 0.3 is 5.69 Å². The van der Waals surface area contributed by atoms with E-state index in [-0.39, 0.29) is 23.5 Å². The number of para-hydroxylation sites is 2. The Morgan fingerprint density at radius 1 is 1.12 bits per heavy atom. The average molecular weight is 464 g/mol. The first-order valence-electron chi connectivity index (χ1n) is 10.7. The van der Waals surface area contributed by atoms with Crippen LogP contribution in [0.4, 0.5) is 0 Å². The van der Waals surface area contributed by atoms with E-state index in [0.717, 1.165) is 5.56 Å². The van der Waals surface area contributed by atoms with Gasteiger partial charge in [-0.25, -0.2) is 14.8 Å². The number of ether oxygens (including phenoxy) is 2. The lowest BCUT2D eigenvalue weighted by atomic mass is 10.2. The number of aromatic amines is 2. The van der Waals surface area contributed by atoms with Gasteiger partial charge in [-0.1, -0.05) is 18.2 Å². The molecule has 0 atom stereocenters. The van der Waals surface area contributed by atoms with Gasteiger partial charge in [-0.2, -0.15) is 0 Å². The maximum atomic E-state index is 12.3. The number of fused-ring (bicyclic) bond motifs is 1. The monoisotopic (exact) mass is 464 g/mol. The third-order valence-electron chi connectivity index (χ3n) is 5.04. The van der Waals surface area contributed by atoms with Crippen molar-refractivity contribution in [3.8, 4) is 17.4 Å². The highest BCUT2D eigenvalue weighted by Gasteiger charge is 2.12. The molecule has 176 valence electrons. The maximum Gasteiger partial charge on any atom is 0.329 e. The van der Waals surface area contributed by atoms with Gasteiger partial charge in [-0.05, 0) is 24.6 Å². The van der Waals surface area contributed by atoms with Crippen molar-refractivity contribution in [3.05, 3.63) is 74.8 Å². The second kappa shape index (κ2) is 10.0. The number of amides is 1. The summed E-state index contributed by atoms with van der Waals surface area (Å²) in [5, 5.41) is 2.83. The molecule has 0 radical (unpaired) electrons. The van der Waals surface area contributed by atoms with Crippen LogP contribution in [0.1, 0.15) is 24.7 Å². The largest absolute Gasteiger partial charge is 0.490 e. The van der Waals surface area contributed by atoms with E-state index in [0.29, 0.717) is 42.8 Å². The van der Waals surface area contributed by atoms with Crippen LogP contribution in [0.15, 0.2) is 52.2 Å². The van der Waals surface area contributed by atoms with E-state index in [9.17, 15) is 14.4 Å². The summed E-state index contributed by atoms with van der Waals surface area (Å²) in [4.78, 5) is 49.5. The number of nitrogens with one attached hydrogen (secondary N) is 3. The first-order chi connectivity index (χ1) is 16.4. The molecule has 0 aliphatic carbocycles. The van der Waals surface area contributed by atoms with Gasteiger partial charge in [0.05, 0.1) is 6.61 Å². The average Bonchev–Trinajstić information content (AvgIpc) is 3.27. The Labute approximate surface area is 193 Å². The predicted octanol–water partition coefficient (Wildman–Crippen LogP) is 1.78. The number of imidazole rings is 1. The van der Waals surface area contributed by atoms with Gasteiger partial charge in [0.25, 0.3) is 5.56 Å². The quantitative estimate of drug-likeness (QED) is 0.342. The molecule has 3 heterocycles. The molecular weight excluding hydrogens is 440 g/mol. The van der Waals surface area contributed by atoms with Crippen molar-refractivity contribution >= 4 is 17.1 Å². The minimum atomic E-state index is -0.545. The molecule has 1 aromatic carbocycles. The molecular formula is C23H24N6O5. The fourth-order valence-corrected chi connectivity index (χ4v) is 3.29. The second-order valence-electron chi connectivity index (χ2n) is 7.46. The number of nitrogens with zero attached hydrogens (tertiary/aromatic N) is 3. The SMILES string of the molecule is CCOc1ccccc1Oc1ccc(CNC(=O)CCc2nc3c([nH]2)c(=O)[nH]c(=O)n3C)cn1. The standard InChI is InChI=1S/C23H24N6O5/c1-3-33-15-6-4-5-7-16(15)34-19-11-8-14(13-25-19)12-24-18(30)10-9-17-26-20-21(27-17)29(2)23(32)28-22(20)31/h4-8,11,13H,3,9-10,12H2,1-2H3,(H,24,30)(H,26,27)(H,28,31,32). The van der Waals surface area contributed by atoms with Crippen LogP contribution in [-0.2, 0) is 24.8 Å². The molecule has 0 saturated carbocycles. The summed E-state index contributed by atoms with van der Waals surface area (Å²) in [7, 11) is 1.51. The van der Waals surface area contributed by atoms with Crippen molar-refractivity contribution in [1.82, 2.24) is 29.8 Å². The van der Waals surface area contributed by atoms with Crippen LogP contribution in [0.5, 0.6) is 17.4 Å². The fourth-order valence-electron chi connectivity index (χ4n) is 3.29.